The highest BCUT2D eigenvalue weighted by molar-refractivity contribution is 9.10. The first-order valence-electron chi connectivity index (χ1n) is 7.41. The SMILES string of the molecule is CCOc1cc(/C=C2/NC(=O)NC2=O)cc(Br)c1O[C@H](C)CC. The van der Waals surface area contributed by atoms with E-state index < -0.39 is 11.9 Å². The molecule has 0 bridgehead atoms. The second kappa shape index (κ2) is 7.50. The van der Waals surface area contributed by atoms with Gasteiger partial charge in [-0.2, -0.15) is 0 Å². The summed E-state index contributed by atoms with van der Waals surface area (Å²) >= 11 is 3.48. The van der Waals surface area contributed by atoms with Crippen LogP contribution in [-0.2, 0) is 4.79 Å². The van der Waals surface area contributed by atoms with E-state index in [2.05, 4.69) is 26.6 Å². The Bertz CT molecular complexity index is 658. The second-order valence-electron chi connectivity index (χ2n) is 5.07. The molecule has 0 unspecified atom stereocenters. The molecular weight excluding hydrogens is 364 g/mol. The van der Waals surface area contributed by atoms with Gasteiger partial charge in [0, 0.05) is 0 Å². The van der Waals surface area contributed by atoms with Crippen LogP contribution in [0.1, 0.15) is 32.8 Å². The van der Waals surface area contributed by atoms with Crippen molar-refractivity contribution in [2.75, 3.05) is 6.61 Å². The molecule has 0 spiro atoms. The average Bonchev–Trinajstić information content (AvgIpc) is 2.80. The lowest BCUT2D eigenvalue weighted by Crippen LogP contribution is -2.22. The molecule has 7 heteroatoms. The molecule has 1 aromatic rings. The van der Waals surface area contributed by atoms with Crippen LogP contribution in [-0.4, -0.2) is 24.6 Å². The van der Waals surface area contributed by atoms with Crippen LogP contribution in [0.3, 0.4) is 0 Å². The van der Waals surface area contributed by atoms with Crippen molar-refractivity contribution < 1.29 is 19.1 Å². The summed E-state index contributed by atoms with van der Waals surface area (Å²) in [6.45, 7) is 6.40. The maximum atomic E-state index is 11.6. The minimum absolute atomic E-state index is 0.0506. The molecule has 3 amide bonds. The molecule has 1 saturated heterocycles. The lowest BCUT2D eigenvalue weighted by atomic mass is 10.1. The number of nitrogens with one attached hydrogen (secondary N) is 2. The zero-order chi connectivity index (χ0) is 17.0. The third-order valence-electron chi connectivity index (χ3n) is 3.26. The van der Waals surface area contributed by atoms with Crippen LogP contribution in [0.15, 0.2) is 22.3 Å². The Morgan fingerprint density at radius 3 is 2.57 bits per heavy atom. The Labute approximate surface area is 143 Å². The number of amides is 3. The first-order chi connectivity index (χ1) is 10.9. The van der Waals surface area contributed by atoms with Crippen molar-refractivity contribution in [1.29, 1.82) is 0 Å². The monoisotopic (exact) mass is 382 g/mol. The van der Waals surface area contributed by atoms with Gasteiger partial charge in [0.05, 0.1) is 17.2 Å². The van der Waals surface area contributed by atoms with Gasteiger partial charge in [-0.25, -0.2) is 4.79 Å². The largest absolute Gasteiger partial charge is 0.490 e. The summed E-state index contributed by atoms with van der Waals surface area (Å²) in [4.78, 5) is 22.8. The van der Waals surface area contributed by atoms with Crippen molar-refractivity contribution in [3.8, 4) is 11.5 Å². The van der Waals surface area contributed by atoms with Crippen LogP contribution in [0, 0.1) is 0 Å². The van der Waals surface area contributed by atoms with E-state index in [4.69, 9.17) is 9.47 Å². The summed E-state index contributed by atoms with van der Waals surface area (Å²) in [5.74, 6) is 0.756. The Morgan fingerprint density at radius 2 is 2.00 bits per heavy atom. The van der Waals surface area contributed by atoms with E-state index in [1.165, 1.54) is 0 Å². The number of urea groups is 1. The topological polar surface area (TPSA) is 76.7 Å². The van der Waals surface area contributed by atoms with Crippen LogP contribution >= 0.6 is 15.9 Å². The minimum atomic E-state index is -0.526. The van der Waals surface area contributed by atoms with Gasteiger partial charge < -0.3 is 14.8 Å². The molecule has 23 heavy (non-hydrogen) atoms. The van der Waals surface area contributed by atoms with Gasteiger partial charge in [-0.1, -0.05) is 6.92 Å². The number of hydrogen-bond acceptors (Lipinski definition) is 4. The number of ether oxygens (including phenoxy) is 2. The van der Waals surface area contributed by atoms with Crippen molar-refractivity contribution in [2.24, 2.45) is 0 Å². The van der Waals surface area contributed by atoms with Gasteiger partial charge in [0.1, 0.15) is 5.70 Å². The predicted octanol–water partition coefficient (Wildman–Crippen LogP) is 3.21. The number of carbonyl (C=O) groups is 2. The highest BCUT2D eigenvalue weighted by Crippen LogP contribution is 2.38. The third-order valence-corrected chi connectivity index (χ3v) is 3.85. The Balaban J connectivity index is 2.37. The molecule has 1 aliphatic rings. The summed E-state index contributed by atoms with van der Waals surface area (Å²) in [6, 6.07) is 3.06. The molecule has 2 N–H and O–H groups in total. The first-order valence-corrected chi connectivity index (χ1v) is 8.20. The first kappa shape index (κ1) is 17.3. The highest BCUT2D eigenvalue weighted by atomic mass is 79.9. The van der Waals surface area contributed by atoms with Gasteiger partial charge in [-0.15, -0.1) is 0 Å². The molecule has 1 atom stereocenters. The van der Waals surface area contributed by atoms with Crippen molar-refractivity contribution in [3.05, 3.63) is 27.9 Å². The molecular formula is C16H19BrN2O4. The summed E-state index contributed by atoms with van der Waals surface area (Å²) < 4.78 is 12.3. The van der Waals surface area contributed by atoms with E-state index in [0.717, 1.165) is 10.9 Å². The quantitative estimate of drug-likeness (QED) is 0.584. The smallest absolute Gasteiger partial charge is 0.326 e. The molecule has 0 aromatic heterocycles. The fraction of sp³-hybridized carbons (Fsp3) is 0.375. The van der Waals surface area contributed by atoms with Crippen molar-refractivity contribution >= 4 is 33.9 Å². The van der Waals surface area contributed by atoms with Crippen LogP contribution in [0.5, 0.6) is 11.5 Å². The van der Waals surface area contributed by atoms with Gasteiger partial charge in [0.2, 0.25) is 0 Å². The van der Waals surface area contributed by atoms with Crippen molar-refractivity contribution in [1.82, 2.24) is 10.6 Å². The van der Waals surface area contributed by atoms with E-state index in [9.17, 15) is 9.59 Å². The fourth-order valence-electron chi connectivity index (χ4n) is 1.98. The molecule has 0 aliphatic carbocycles. The molecule has 2 rings (SSSR count). The normalized spacial score (nSPS) is 17.0. The molecule has 1 aliphatic heterocycles. The average molecular weight is 383 g/mol. The van der Waals surface area contributed by atoms with Gasteiger partial charge in [-0.3, -0.25) is 10.1 Å². The van der Waals surface area contributed by atoms with Gasteiger partial charge in [-0.05, 0) is 60.0 Å². The predicted molar refractivity (Wildman–Crippen MR) is 90.3 cm³/mol. The number of benzene rings is 1. The standard InChI is InChI=1S/C16H19BrN2O4/c1-4-9(3)23-14-11(17)6-10(8-13(14)22-5-2)7-12-15(20)19-16(21)18-12/h6-9H,4-5H2,1-3H3,(H2,18,19,20,21)/b12-7+/t9-/m1/s1. The molecule has 1 aromatic carbocycles. The Morgan fingerprint density at radius 1 is 1.26 bits per heavy atom. The maximum Gasteiger partial charge on any atom is 0.326 e. The van der Waals surface area contributed by atoms with E-state index in [-0.39, 0.29) is 11.8 Å². The number of rotatable bonds is 6. The van der Waals surface area contributed by atoms with E-state index >= 15 is 0 Å². The minimum Gasteiger partial charge on any atom is -0.490 e. The van der Waals surface area contributed by atoms with E-state index in [1.54, 1.807) is 12.1 Å². The lowest BCUT2D eigenvalue weighted by molar-refractivity contribution is -0.115. The van der Waals surface area contributed by atoms with E-state index in [0.29, 0.717) is 23.7 Å². The number of hydrogen-bond donors (Lipinski definition) is 2. The molecule has 1 fully saturated rings. The molecule has 6 nitrogen and oxygen atoms in total. The third kappa shape index (κ3) is 4.25. The molecule has 0 saturated carbocycles. The van der Waals surface area contributed by atoms with Gasteiger partial charge in [0.25, 0.3) is 5.91 Å². The molecule has 1 heterocycles. The van der Waals surface area contributed by atoms with E-state index in [1.807, 2.05) is 26.8 Å². The second-order valence-corrected chi connectivity index (χ2v) is 5.92. The zero-order valence-corrected chi connectivity index (χ0v) is 14.8. The fourth-order valence-corrected chi connectivity index (χ4v) is 2.54. The molecule has 124 valence electrons. The number of imide groups is 1. The summed E-state index contributed by atoms with van der Waals surface area (Å²) in [5, 5.41) is 4.61. The Kier molecular flexibility index (Phi) is 5.65. The van der Waals surface area contributed by atoms with Crippen molar-refractivity contribution in [2.45, 2.75) is 33.3 Å². The van der Waals surface area contributed by atoms with Gasteiger partial charge in [0.15, 0.2) is 11.5 Å². The maximum absolute atomic E-state index is 11.6. The lowest BCUT2D eigenvalue weighted by Gasteiger charge is -2.18. The summed E-state index contributed by atoms with van der Waals surface area (Å²) in [5.41, 5.74) is 0.907. The highest BCUT2D eigenvalue weighted by Gasteiger charge is 2.23. The van der Waals surface area contributed by atoms with Crippen LogP contribution in [0.25, 0.3) is 6.08 Å². The van der Waals surface area contributed by atoms with Crippen LogP contribution in [0.4, 0.5) is 4.79 Å². The number of halogens is 1. The zero-order valence-electron chi connectivity index (χ0n) is 13.2. The molecule has 0 radical (unpaired) electrons. The van der Waals surface area contributed by atoms with Crippen molar-refractivity contribution in [3.63, 3.8) is 0 Å². The Hall–Kier alpha value is -2.02. The summed E-state index contributed by atoms with van der Waals surface area (Å²) in [6.07, 6.45) is 2.51. The summed E-state index contributed by atoms with van der Waals surface area (Å²) in [7, 11) is 0. The number of carbonyl (C=O) groups excluding carboxylic acids is 2. The van der Waals surface area contributed by atoms with Crippen LogP contribution in [0.2, 0.25) is 0 Å². The van der Waals surface area contributed by atoms with Crippen LogP contribution < -0.4 is 20.1 Å². The van der Waals surface area contributed by atoms with Gasteiger partial charge >= 0.3 is 6.03 Å².